The summed E-state index contributed by atoms with van der Waals surface area (Å²) in [7, 11) is 0. The number of carboxylic acids is 1. The molecule has 1 saturated heterocycles. The number of carbonyl (C=O) groups excluding carboxylic acids is 1. The summed E-state index contributed by atoms with van der Waals surface area (Å²) in [6.07, 6.45) is 1.79. The summed E-state index contributed by atoms with van der Waals surface area (Å²) in [5.74, 6) is -1.28. The molecule has 0 unspecified atom stereocenters. The van der Waals surface area contributed by atoms with Gasteiger partial charge in [-0.25, -0.2) is 4.79 Å². The van der Waals surface area contributed by atoms with Gasteiger partial charge in [0, 0.05) is 6.54 Å². The van der Waals surface area contributed by atoms with E-state index >= 15 is 0 Å². The number of halogens is 1. The van der Waals surface area contributed by atoms with Crippen molar-refractivity contribution in [3.8, 4) is 0 Å². The normalized spacial score (nSPS) is 18.9. The molecule has 5 nitrogen and oxygen atoms in total. The minimum absolute atomic E-state index is 0.0986. The van der Waals surface area contributed by atoms with Crippen LogP contribution < -0.4 is 10.6 Å². The summed E-state index contributed by atoms with van der Waals surface area (Å²) < 4.78 is 0. The maximum absolute atomic E-state index is 12.0. The summed E-state index contributed by atoms with van der Waals surface area (Å²) in [6.45, 7) is 1.57. The zero-order valence-corrected chi connectivity index (χ0v) is 11.0. The third-order valence-corrected chi connectivity index (χ3v) is 3.47. The number of nitrogens with one attached hydrogen (secondary N) is 2. The van der Waals surface area contributed by atoms with E-state index in [0.29, 0.717) is 17.3 Å². The summed E-state index contributed by atoms with van der Waals surface area (Å²) >= 11 is 5.96. The highest BCUT2D eigenvalue weighted by molar-refractivity contribution is 6.33. The molecule has 1 heterocycles. The fourth-order valence-electron chi connectivity index (χ4n) is 2.06. The molecular formula is C13H15ClN2O3. The molecule has 2 rings (SSSR count). The van der Waals surface area contributed by atoms with Crippen LogP contribution in [0.5, 0.6) is 0 Å². The topological polar surface area (TPSA) is 78.4 Å². The minimum atomic E-state index is -1.05. The first-order valence-electron chi connectivity index (χ1n) is 6.12. The van der Waals surface area contributed by atoms with Gasteiger partial charge in [-0.05, 0) is 37.6 Å². The third-order valence-electron chi connectivity index (χ3n) is 3.14. The Morgan fingerprint density at radius 3 is 2.84 bits per heavy atom. The van der Waals surface area contributed by atoms with Crippen LogP contribution in [0.1, 0.15) is 23.2 Å². The second kappa shape index (κ2) is 6.04. The Balaban J connectivity index is 2.11. The molecule has 1 aromatic rings. The van der Waals surface area contributed by atoms with Crippen LogP contribution in [0.2, 0.25) is 5.02 Å². The average molecular weight is 283 g/mol. The van der Waals surface area contributed by atoms with Crippen molar-refractivity contribution in [2.75, 3.05) is 18.4 Å². The first kappa shape index (κ1) is 13.8. The molecule has 0 bridgehead atoms. The molecule has 0 saturated carbocycles. The van der Waals surface area contributed by atoms with E-state index in [1.807, 2.05) is 0 Å². The van der Waals surface area contributed by atoms with E-state index in [4.69, 9.17) is 16.7 Å². The van der Waals surface area contributed by atoms with Crippen LogP contribution in [0.15, 0.2) is 18.2 Å². The lowest BCUT2D eigenvalue weighted by Crippen LogP contribution is -2.37. The second-order valence-corrected chi connectivity index (χ2v) is 4.94. The number of carboxylic acid groups (broad SMARTS) is 1. The fourth-order valence-corrected chi connectivity index (χ4v) is 2.23. The van der Waals surface area contributed by atoms with Crippen molar-refractivity contribution in [1.29, 1.82) is 0 Å². The van der Waals surface area contributed by atoms with Crippen molar-refractivity contribution in [1.82, 2.24) is 5.32 Å². The van der Waals surface area contributed by atoms with Gasteiger partial charge in [-0.1, -0.05) is 11.6 Å². The van der Waals surface area contributed by atoms with E-state index in [9.17, 15) is 9.59 Å². The maximum Gasteiger partial charge on any atom is 0.335 e. The molecule has 1 aliphatic heterocycles. The predicted octanol–water partition coefficient (Wildman–Crippen LogP) is 1.98. The van der Waals surface area contributed by atoms with Crippen LogP contribution in [0.4, 0.5) is 5.69 Å². The Morgan fingerprint density at radius 2 is 2.21 bits per heavy atom. The Bertz CT molecular complexity index is 499. The monoisotopic (exact) mass is 282 g/mol. The quantitative estimate of drug-likeness (QED) is 0.792. The molecular weight excluding hydrogens is 268 g/mol. The molecule has 1 aliphatic rings. The van der Waals surface area contributed by atoms with E-state index in [0.717, 1.165) is 19.4 Å². The van der Waals surface area contributed by atoms with Gasteiger partial charge in [0.05, 0.1) is 22.2 Å². The smallest absolute Gasteiger partial charge is 0.335 e. The number of anilines is 1. The molecule has 19 heavy (non-hydrogen) atoms. The lowest BCUT2D eigenvalue weighted by Gasteiger charge is -2.22. The standard InChI is InChI=1S/C13H15ClN2O3/c14-10-4-3-8(13(18)19)6-11(10)16-12(17)9-2-1-5-15-7-9/h3-4,6,9,15H,1-2,5,7H2,(H,16,17)(H,18,19)/t9-/m1/s1. The van der Waals surface area contributed by atoms with Gasteiger partial charge in [0.25, 0.3) is 0 Å². The van der Waals surface area contributed by atoms with E-state index in [1.165, 1.54) is 18.2 Å². The zero-order valence-electron chi connectivity index (χ0n) is 10.3. The molecule has 1 aromatic carbocycles. The van der Waals surface area contributed by atoms with E-state index < -0.39 is 5.97 Å². The molecule has 0 spiro atoms. The number of hydrogen-bond donors (Lipinski definition) is 3. The Labute approximate surface area is 116 Å². The Morgan fingerprint density at radius 1 is 1.42 bits per heavy atom. The summed E-state index contributed by atoms with van der Waals surface area (Å²) in [5.41, 5.74) is 0.443. The zero-order chi connectivity index (χ0) is 13.8. The van der Waals surface area contributed by atoms with Crippen molar-refractivity contribution in [3.05, 3.63) is 28.8 Å². The van der Waals surface area contributed by atoms with Gasteiger partial charge in [0.1, 0.15) is 0 Å². The summed E-state index contributed by atoms with van der Waals surface area (Å²) in [5, 5.41) is 15.1. The second-order valence-electron chi connectivity index (χ2n) is 4.53. The molecule has 0 aliphatic carbocycles. The van der Waals surface area contributed by atoms with Gasteiger partial charge in [-0.15, -0.1) is 0 Å². The highest BCUT2D eigenvalue weighted by atomic mass is 35.5. The number of benzene rings is 1. The van der Waals surface area contributed by atoms with Gasteiger partial charge >= 0.3 is 5.97 Å². The predicted molar refractivity (Wildman–Crippen MR) is 72.6 cm³/mol. The number of piperidine rings is 1. The molecule has 6 heteroatoms. The lowest BCUT2D eigenvalue weighted by molar-refractivity contribution is -0.120. The van der Waals surface area contributed by atoms with Crippen molar-refractivity contribution in [3.63, 3.8) is 0 Å². The van der Waals surface area contributed by atoms with E-state index in [2.05, 4.69) is 10.6 Å². The highest BCUT2D eigenvalue weighted by Gasteiger charge is 2.21. The lowest BCUT2D eigenvalue weighted by atomic mass is 9.99. The molecule has 3 N–H and O–H groups in total. The van der Waals surface area contributed by atoms with Gasteiger partial charge in [-0.2, -0.15) is 0 Å². The van der Waals surface area contributed by atoms with E-state index in [-0.39, 0.29) is 17.4 Å². The van der Waals surface area contributed by atoms with Gasteiger partial charge in [0.2, 0.25) is 5.91 Å². The van der Waals surface area contributed by atoms with Crippen LogP contribution in [0.3, 0.4) is 0 Å². The largest absolute Gasteiger partial charge is 0.478 e. The van der Waals surface area contributed by atoms with Crippen molar-refractivity contribution in [2.45, 2.75) is 12.8 Å². The van der Waals surface area contributed by atoms with Crippen LogP contribution in [0.25, 0.3) is 0 Å². The van der Waals surface area contributed by atoms with Gasteiger partial charge in [-0.3, -0.25) is 4.79 Å². The summed E-state index contributed by atoms with van der Waals surface area (Å²) in [4.78, 5) is 22.9. The van der Waals surface area contributed by atoms with Crippen LogP contribution in [0, 0.1) is 5.92 Å². The maximum atomic E-state index is 12.0. The molecule has 1 amide bonds. The van der Waals surface area contributed by atoms with Crippen LogP contribution >= 0.6 is 11.6 Å². The third kappa shape index (κ3) is 3.45. The van der Waals surface area contributed by atoms with Crippen LogP contribution in [-0.4, -0.2) is 30.1 Å². The number of hydrogen-bond acceptors (Lipinski definition) is 3. The molecule has 1 atom stereocenters. The Hall–Kier alpha value is -1.59. The minimum Gasteiger partial charge on any atom is -0.478 e. The Kier molecular flexibility index (Phi) is 4.39. The average Bonchev–Trinajstić information content (AvgIpc) is 2.42. The SMILES string of the molecule is O=C(O)c1ccc(Cl)c(NC(=O)[C@@H]2CCCNC2)c1. The summed E-state index contributed by atoms with van der Waals surface area (Å²) in [6, 6.07) is 4.25. The number of carbonyl (C=O) groups is 2. The highest BCUT2D eigenvalue weighted by Crippen LogP contribution is 2.24. The first-order valence-corrected chi connectivity index (χ1v) is 6.50. The van der Waals surface area contributed by atoms with E-state index in [1.54, 1.807) is 0 Å². The van der Waals surface area contributed by atoms with Gasteiger partial charge in [0.15, 0.2) is 0 Å². The molecule has 0 radical (unpaired) electrons. The molecule has 1 fully saturated rings. The van der Waals surface area contributed by atoms with Crippen LogP contribution in [-0.2, 0) is 4.79 Å². The number of amides is 1. The molecule has 102 valence electrons. The first-order chi connectivity index (χ1) is 9.08. The number of aromatic carboxylic acids is 1. The van der Waals surface area contributed by atoms with Crippen molar-refractivity contribution in [2.24, 2.45) is 5.92 Å². The van der Waals surface area contributed by atoms with Gasteiger partial charge < -0.3 is 15.7 Å². The van der Waals surface area contributed by atoms with Crippen molar-refractivity contribution >= 4 is 29.2 Å². The fraction of sp³-hybridized carbons (Fsp3) is 0.385. The van der Waals surface area contributed by atoms with Crippen molar-refractivity contribution < 1.29 is 14.7 Å². The molecule has 0 aromatic heterocycles. The number of rotatable bonds is 3.